The van der Waals surface area contributed by atoms with E-state index in [9.17, 15) is 18.0 Å². The third-order valence-corrected chi connectivity index (χ3v) is 7.67. The van der Waals surface area contributed by atoms with Crippen molar-refractivity contribution in [1.82, 2.24) is 0 Å². The first-order valence-corrected chi connectivity index (χ1v) is 12.7. The first-order chi connectivity index (χ1) is 15.9. The van der Waals surface area contributed by atoms with E-state index in [4.69, 9.17) is 9.47 Å². The van der Waals surface area contributed by atoms with Gasteiger partial charge in [-0.3, -0.25) is 4.90 Å². The maximum Gasteiger partial charge on any atom is 0.425 e. The number of nitrogens with zero attached hydrogens (tertiary/aromatic N) is 1. The highest BCUT2D eigenvalue weighted by molar-refractivity contribution is 7.12. The van der Waals surface area contributed by atoms with Crippen molar-refractivity contribution in [3.63, 3.8) is 0 Å². The van der Waals surface area contributed by atoms with Crippen LogP contribution in [0.25, 0.3) is 0 Å². The largest absolute Gasteiger partial charge is 0.488 e. The number of halogens is 3. The summed E-state index contributed by atoms with van der Waals surface area (Å²) in [5, 5.41) is 0. The lowest BCUT2D eigenvalue weighted by molar-refractivity contribution is -0.135. The number of rotatable bonds is 4. The fourth-order valence-corrected chi connectivity index (χ4v) is 5.94. The molecule has 0 unspecified atom stereocenters. The first-order valence-electron chi connectivity index (χ1n) is 11.9. The van der Waals surface area contributed by atoms with Crippen molar-refractivity contribution in [2.75, 3.05) is 11.4 Å². The van der Waals surface area contributed by atoms with Crippen molar-refractivity contribution in [3.8, 4) is 5.75 Å². The maximum atomic E-state index is 13.7. The third-order valence-electron chi connectivity index (χ3n) is 6.50. The molecule has 2 heterocycles. The number of ether oxygens (including phenoxy) is 2. The Morgan fingerprint density at radius 1 is 1.15 bits per heavy atom. The summed E-state index contributed by atoms with van der Waals surface area (Å²) in [6, 6.07) is 5.32. The lowest BCUT2D eigenvalue weighted by atomic mass is 9.84. The van der Waals surface area contributed by atoms with Gasteiger partial charge in [0.1, 0.15) is 22.8 Å². The molecule has 0 atom stereocenters. The van der Waals surface area contributed by atoms with E-state index >= 15 is 0 Å². The normalized spacial score (nSPS) is 17.1. The molecular formula is C26H32F3NO3S. The molecule has 1 aromatic carbocycles. The molecule has 0 spiro atoms. The van der Waals surface area contributed by atoms with Crippen LogP contribution in [0.15, 0.2) is 18.2 Å². The monoisotopic (exact) mass is 495 g/mol. The Morgan fingerprint density at radius 2 is 1.85 bits per heavy atom. The average molecular weight is 496 g/mol. The molecule has 1 aliphatic carbocycles. The van der Waals surface area contributed by atoms with Gasteiger partial charge in [0.2, 0.25) is 0 Å². The molecule has 0 radical (unpaired) electrons. The van der Waals surface area contributed by atoms with Gasteiger partial charge in [0.15, 0.2) is 0 Å². The van der Waals surface area contributed by atoms with Gasteiger partial charge in [0.25, 0.3) is 0 Å². The number of hydrogen-bond donors (Lipinski definition) is 0. The lowest BCUT2D eigenvalue weighted by Crippen LogP contribution is -2.35. The zero-order valence-corrected chi connectivity index (χ0v) is 21.0. The van der Waals surface area contributed by atoms with Crippen LogP contribution in [0.4, 0.5) is 23.7 Å². The van der Waals surface area contributed by atoms with Crippen molar-refractivity contribution >= 4 is 23.1 Å². The summed E-state index contributed by atoms with van der Waals surface area (Å²) in [6.45, 7) is 8.04. The van der Waals surface area contributed by atoms with Gasteiger partial charge in [0, 0.05) is 11.4 Å². The second-order valence-corrected chi connectivity index (χ2v) is 11.3. The first kappa shape index (κ1) is 24.9. The van der Waals surface area contributed by atoms with E-state index in [0.717, 1.165) is 60.3 Å². The highest BCUT2D eigenvalue weighted by Crippen LogP contribution is 2.45. The number of carbonyl (C=O) groups excluding carboxylic acids is 1. The minimum Gasteiger partial charge on any atom is -0.488 e. The number of fused-ring (bicyclic) bond motifs is 1. The Balaban J connectivity index is 1.50. The minimum atomic E-state index is -4.34. The van der Waals surface area contributed by atoms with E-state index in [1.54, 1.807) is 17.0 Å². The van der Waals surface area contributed by atoms with Crippen LogP contribution in [0.2, 0.25) is 0 Å². The van der Waals surface area contributed by atoms with Gasteiger partial charge in [-0.1, -0.05) is 19.3 Å². The van der Waals surface area contributed by atoms with E-state index in [-0.39, 0.29) is 18.6 Å². The molecule has 0 bridgehead atoms. The van der Waals surface area contributed by atoms with Gasteiger partial charge in [-0.25, -0.2) is 4.79 Å². The highest BCUT2D eigenvalue weighted by atomic mass is 32.1. The number of alkyl halides is 3. The molecule has 1 fully saturated rings. The summed E-state index contributed by atoms with van der Waals surface area (Å²) >= 11 is 0.801. The van der Waals surface area contributed by atoms with Crippen LogP contribution in [0.5, 0.6) is 5.75 Å². The minimum absolute atomic E-state index is 0.0176. The Labute approximate surface area is 203 Å². The predicted octanol–water partition coefficient (Wildman–Crippen LogP) is 8.00. The van der Waals surface area contributed by atoms with Gasteiger partial charge < -0.3 is 9.47 Å². The highest BCUT2D eigenvalue weighted by Gasteiger charge is 2.38. The number of thiophene rings is 1. The summed E-state index contributed by atoms with van der Waals surface area (Å²) in [6.07, 6.45) is 0.659. The quantitative estimate of drug-likeness (QED) is 0.431. The molecular weight excluding hydrogens is 463 g/mol. The van der Waals surface area contributed by atoms with Crippen LogP contribution >= 0.6 is 11.3 Å². The molecule has 1 saturated carbocycles. The summed E-state index contributed by atoms with van der Waals surface area (Å²) in [5.41, 5.74) is 2.57. The molecule has 4 nitrogen and oxygen atoms in total. The van der Waals surface area contributed by atoms with E-state index in [0.29, 0.717) is 29.2 Å². The summed E-state index contributed by atoms with van der Waals surface area (Å²) in [7, 11) is 0. The SMILES string of the molecule is Cc1c(OCc2cc(C3CCCCC3)c(C(F)(F)F)s2)ccc2c1CCN2C(=O)OC(C)(C)C. The summed E-state index contributed by atoms with van der Waals surface area (Å²) in [4.78, 5) is 14.3. The molecule has 2 aromatic rings. The third kappa shape index (κ3) is 5.37. The Hall–Kier alpha value is -2.22. The number of amides is 1. The molecule has 34 heavy (non-hydrogen) atoms. The topological polar surface area (TPSA) is 38.8 Å². The maximum absolute atomic E-state index is 13.7. The van der Waals surface area contributed by atoms with E-state index < -0.39 is 16.7 Å². The predicted molar refractivity (Wildman–Crippen MR) is 128 cm³/mol. The van der Waals surface area contributed by atoms with Crippen LogP contribution in [0, 0.1) is 6.92 Å². The van der Waals surface area contributed by atoms with Gasteiger partial charge in [0.05, 0.1) is 5.69 Å². The van der Waals surface area contributed by atoms with Crippen molar-refractivity contribution in [3.05, 3.63) is 44.6 Å². The molecule has 2 aliphatic rings. The number of carbonyl (C=O) groups is 1. The van der Waals surface area contributed by atoms with E-state index in [2.05, 4.69) is 0 Å². The van der Waals surface area contributed by atoms with Gasteiger partial charge in [-0.2, -0.15) is 13.2 Å². The van der Waals surface area contributed by atoms with Crippen molar-refractivity contribution in [1.29, 1.82) is 0 Å². The number of benzene rings is 1. The van der Waals surface area contributed by atoms with Crippen molar-refractivity contribution in [2.24, 2.45) is 0 Å². The number of hydrogen-bond acceptors (Lipinski definition) is 4. The van der Waals surface area contributed by atoms with Crippen LogP contribution in [0.3, 0.4) is 0 Å². The summed E-state index contributed by atoms with van der Waals surface area (Å²) < 4.78 is 52.7. The average Bonchev–Trinajstić information content (AvgIpc) is 3.38. The zero-order chi connectivity index (χ0) is 24.7. The van der Waals surface area contributed by atoms with Crippen molar-refractivity contribution < 1.29 is 27.4 Å². The van der Waals surface area contributed by atoms with Crippen LogP contribution in [-0.2, 0) is 23.9 Å². The molecule has 8 heteroatoms. The molecule has 1 aliphatic heterocycles. The van der Waals surface area contributed by atoms with E-state index in [1.807, 2.05) is 33.8 Å². The molecule has 0 saturated heterocycles. The fourth-order valence-electron chi connectivity index (χ4n) is 4.91. The summed E-state index contributed by atoms with van der Waals surface area (Å²) in [5.74, 6) is 0.613. The second kappa shape index (κ2) is 9.44. The number of anilines is 1. The van der Waals surface area contributed by atoms with Crippen LogP contribution in [-0.4, -0.2) is 18.2 Å². The van der Waals surface area contributed by atoms with Crippen molar-refractivity contribution in [2.45, 2.75) is 90.5 Å². The Bertz CT molecular complexity index is 1050. The standard InChI is InChI=1S/C26H32F3NO3S/c1-16-19-12-13-30(24(31)33-25(2,3)4)21(19)10-11-22(16)32-15-18-14-20(17-8-6-5-7-9-17)23(34-18)26(27,28)29/h10-11,14,17H,5-9,12-13,15H2,1-4H3. The molecule has 0 N–H and O–H groups in total. The zero-order valence-electron chi connectivity index (χ0n) is 20.2. The smallest absolute Gasteiger partial charge is 0.425 e. The molecule has 1 amide bonds. The Morgan fingerprint density at radius 3 is 2.50 bits per heavy atom. The fraction of sp³-hybridized carbons (Fsp3) is 0.577. The van der Waals surface area contributed by atoms with Crippen LogP contribution in [0.1, 0.15) is 85.2 Å². The molecule has 1 aromatic heterocycles. The van der Waals surface area contributed by atoms with E-state index in [1.165, 1.54) is 0 Å². The molecule has 4 rings (SSSR count). The Kier molecular flexibility index (Phi) is 6.91. The second-order valence-electron chi connectivity index (χ2n) is 10.2. The van der Waals surface area contributed by atoms with Crippen LogP contribution < -0.4 is 9.64 Å². The molecule has 186 valence electrons. The lowest BCUT2D eigenvalue weighted by Gasteiger charge is -2.25. The van der Waals surface area contributed by atoms with Gasteiger partial charge >= 0.3 is 12.3 Å². The van der Waals surface area contributed by atoms with Gasteiger partial charge in [-0.05, 0) is 87.8 Å². The van der Waals surface area contributed by atoms with Gasteiger partial charge in [-0.15, -0.1) is 11.3 Å².